The van der Waals surface area contributed by atoms with Gasteiger partial charge in [0.2, 0.25) is 15.9 Å². The summed E-state index contributed by atoms with van der Waals surface area (Å²) in [6.45, 7) is 1.75. The first-order valence-electron chi connectivity index (χ1n) is 16.9. The lowest BCUT2D eigenvalue weighted by molar-refractivity contribution is -0.123. The van der Waals surface area contributed by atoms with Crippen molar-refractivity contribution >= 4 is 55.3 Å². The number of pyridine rings is 1. The maximum Gasteiger partial charge on any atom is 0.292 e. The fraction of sp³-hybridized carbons (Fsp3) is 0.333. The predicted molar refractivity (Wildman–Crippen MR) is 194 cm³/mol. The van der Waals surface area contributed by atoms with Gasteiger partial charge in [-0.1, -0.05) is 31.5 Å². The minimum Gasteiger partial charge on any atom is -0.349 e. The average Bonchev–Trinajstić information content (AvgIpc) is 3.78. The van der Waals surface area contributed by atoms with Crippen molar-refractivity contribution in [2.75, 3.05) is 11.0 Å². The minimum absolute atomic E-state index is 0.0586. The molecule has 1 amide bonds. The highest BCUT2D eigenvalue weighted by atomic mass is 35.5. The molecule has 1 aliphatic rings. The van der Waals surface area contributed by atoms with Gasteiger partial charge in [-0.2, -0.15) is 19.0 Å². The number of rotatable bonds is 10. The highest BCUT2D eigenvalue weighted by Crippen LogP contribution is 2.54. The lowest BCUT2D eigenvalue weighted by Crippen LogP contribution is -2.35. The molecule has 55 heavy (non-hydrogen) atoms. The molecule has 4 aromatic heterocycles. The number of nitrogens with zero attached hydrogens (tertiary/aromatic N) is 6. The number of carbonyl (C=O) groups is 1. The Morgan fingerprint density at radius 2 is 1.69 bits per heavy atom. The number of aromatic nitrogens is 6. The Hall–Kier alpha value is -5.10. The van der Waals surface area contributed by atoms with Crippen molar-refractivity contribution in [1.29, 1.82) is 0 Å². The molecule has 0 bridgehead atoms. The van der Waals surface area contributed by atoms with Gasteiger partial charge in [0.05, 0.1) is 45.0 Å². The fourth-order valence-electron chi connectivity index (χ4n) is 7.43. The van der Waals surface area contributed by atoms with E-state index >= 15 is 8.78 Å². The number of halogens is 7. The van der Waals surface area contributed by atoms with Crippen LogP contribution in [-0.4, -0.2) is 49.7 Å². The van der Waals surface area contributed by atoms with Crippen LogP contribution in [0.15, 0.2) is 48.7 Å². The molecule has 0 aliphatic heterocycles. The summed E-state index contributed by atoms with van der Waals surface area (Å²) >= 11 is 6.61. The Kier molecular flexibility index (Phi) is 9.43. The molecule has 2 N–H and O–H groups in total. The van der Waals surface area contributed by atoms with Gasteiger partial charge in [-0.25, -0.2) is 31.0 Å². The van der Waals surface area contributed by atoms with Crippen LogP contribution >= 0.6 is 11.6 Å². The van der Waals surface area contributed by atoms with Crippen molar-refractivity contribution in [3.05, 3.63) is 93.5 Å². The summed E-state index contributed by atoms with van der Waals surface area (Å²) in [4.78, 5) is 18.8. The fourth-order valence-corrected chi connectivity index (χ4v) is 8.17. The monoisotopic (exact) mass is 806 g/mol. The molecule has 1 unspecified atom stereocenters. The zero-order valence-corrected chi connectivity index (χ0v) is 31.4. The van der Waals surface area contributed by atoms with Crippen LogP contribution in [0, 0.1) is 17.6 Å². The van der Waals surface area contributed by atoms with E-state index in [1.165, 1.54) is 24.6 Å². The van der Waals surface area contributed by atoms with E-state index in [-0.39, 0.29) is 39.5 Å². The SMILES string of the molecule is C[C@@H]1c2c(C(F)F)nn(CC(=O)NC(Cc3cc(F)cc(F)c3)c3nc4ccn(C)c4cc3-c3ccc(Cl)c4c(NS(C)(=O)=O)nn(C)c34)c2C(F)(F)[C@@H]1C. The predicted octanol–water partition coefficient (Wildman–Crippen LogP) is 7.51. The zero-order chi connectivity index (χ0) is 39.9. The minimum atomic E-state index is -3.80. The quantitative estimate of drug-likeness (QED) is 0.138. The van der Waals surface area contributed by atoms with Gasteiger partial charge in [0.1, 0.15) is 29.6 Å². The van der Waals surface area contributed by atoms with E-state index in [0.717, 1.165) is 18.4 Å². The van der Waals surface area contributed by atoms with Gasteiger partial charge in [-0.05, 0) is 48.2 Å². The number of aryl methyl sites for hydroxylation is 2. The van der Waals surface area contributed by atoms with Crippen molar-refractivity contribution in [1.82, 2.24) is 34.4 Å². The molecule has 0 saturated heterocycles. The molecule has 4 heterocycles. The summed E-state index contributed by atoms with van der Waals surface area (Å²) in [6.07, 6.45) is -0.770. The first-order valence-corrected chi connectivity index (χ1v) is 19.1. The zero-order valence-electron chi connectivity index (χ0n) is 29.8. The van der Waals surface area contributed by atoms with Crippen molar-refractivity contribution in [2.24, 2.45) is 20.0 Å². The number of sulfonamides is 1. The summed E-state index contributed by atoms with van der Waals surface area (Å²) in [7, 11) is -0.473. The number of carbonyl (C=O) groups excluding carboxylic acids is 1. The molecular formula is C36H33ClF6N8O3S. The largest absolute Gasteiger partial charge is 0.349 e. The number of anilines is 1. The molecule has 1 aliphatic carbocycles. The van der Waals surface area contributed by atoms with Gasteiger partial charge in [-0.15, -0.1) is 0 Å². The lowest BCUT2D eigenvalue weighted by atomic mass is 9.93. The maximum atomic E-state index is 15.6. The second-order valence-corrected chi connectivity index (χ2v) is 16.0. The van der Waals surface area contributed by atoms with Crippen molar-refractivity contribution in [3.8, 4) is 11.1 Å². The normalized spacial score (nSPS) is 17.3. The van der Waals surface area contributed by atoms with Crippen molar-refractivity contribution < 1.29 is 39.6 Å². The van der Waals surface area contributed by atoms with Crippen LogP contribution in [0.1, 0.15) is 60.4 Å². The number of benzene rings is 2. The number of hydrogen-bond donors (Lipinski definition) is 2. The van der Waals surface area contributed by atoms with Crippen LogP contribution in [0.4, 0.5) is 32.2 Å². The van der Waals surface area contributed by atoms with E-state index < -0.39 is 75.7 Å². The summed E-state index contributed by atoms with van der Waals surface area (Å²) in [5.41, 5.74) is 0.549. The average molecular weight is 807 g/mol. The van der Waals surface area contributed by atoms with E-state index in [4.69, 9.17) is 16.6 Å². The highest BCUT2D eigenvalue weighted by molar-refractivity contribution is 7.92. The molecule has 0 radical (unpaired) electrons. The van der Waals surface area contributed by atoms with E-state index in [0.29, 0.717) is 38.4 Å². The van der Waals surface area contributed by atoms with Gasteiger partial charge < -0.3 is 9.88 Å². The van der Waals surface area contributed by atoms with E-state index in [1.54, 1.807) is 43.1 Å². The smallest absolute Gasteiger partial charge is 0.292 e. The molecule has 2 aromatic carbocycles. The number of amides is 1. The Bertz CT molecular complexity index is 2620. The van der Waals surface area contributed by atoms with Crippen LogP contribution in [0.3, 0.4) is 0 Å². The standard InChI is InChI=1S/C36H33ClF6N8O3S/c1-16-17(2)36(42,43)33-28(16)31(34(40)41)46-51(33)15-27(52)44-25(12-18-10-19(38)13-20(39)11-18)30-22(14-26-24(45-30)8-9-49(26)3)21-6-7-23(37)29-32(21)50(4)47-35(29)48-55(5,53)54/h6-11,13-14,16-17,25,34H,12,15H2,1-5H3,(H,44,52)(H,47,48)/t16-,17+,25?/m0/s1. The Morgan fingerprint density at radius 3 is 2.35 bits per heavy atom. The number of nitrogens with one attached hydrogen (secondary N) is 2. The number of fused-ring (bicyclic) bond motifs is 3. The molecule has 19 heteroatoms. The summed E-state index contributed by atoms with van der Waals surface area (Å²) < 4.78 is 119. The maximum absolute atomic E-state index is 15.6. The highest BCUT2D eigenvalue weighted by Gasteiger charge is 2.55. The van der Waals surface area contributed by atoms with Gasteiger partial charge in [-0.3, -0.25) is 18.9 Å². The molecule has 11 nitrogen and oxygen atoms in total. The summed E-state index contributed by atoms with van der Waals surface area (Å²) in [5, 5.41) is 11.3. The summed E-state index contributed by atoms with van der Waals surface area (Å²) in [6, 6.07) is 8.17. The molecule has 290 valence electrons. The lowest BCUT2D eigenvalue weighted by Gasteiger charge is -2.23. The molecule has 0 spiro atoms. The molecule has 0 saturated carbocycles. The number of alkyl halides is 4. The number of hydrogen-bond acceptors (Lipinski definition) is 6. The Balaban J connectivity index is 1.40. The third kappa shape index (κ3) is 6.79. The van der Waals surface area contributed by atoms with Crippen molar-refractivity contribution in [3.63, 3.8) is 0 Å². The van der Waals surface area contributed by atoms with Crippen LogP contribution in [0.2, 0.25) is 5.02 Å². The van der Waals surface area contributed by atoms with Crippen LogP contribution < -0.4 is 10.0 Å². The first-order chi connectivity index (χ1) is 25.7. The third-order valence-electron chi connectivity index (χ3n) is 10.0. The Labute approximate surface area is 315 Å². The molecule has 7 rings (SSSR count). The Morgan fingerprint density at radius 1 is 1.00 bits per heavy atom. The van der Waals surface area contributed by atoms with Crippen LogP contribution in [-0.2, 0) is 47.8 Å². The van der Waals surface area contributed by atoms with Gasteiger partial charge in [0.15, 0.2) is 5.82 Å². The molecular weight excluding hydrogens is 774 g/mol. The van der Waals surface area contributed by atoms with Gasteiger partial charge in [0.25, 0.3) is 12.3 Å². The van der Waals surface area contributed by atoms with Crippen LogP contribution in [0.25, 0.3) is 33.1 Å². The van der Waals surface area contributed by atoms with Gasteiger partial charge >= 0.3 is 0 Å². The van der Waals surface area contributed by atoms with E-state index in [1.807, 2.05) is 0 Å². The van der Waals surface area contributed by atoms with E-state index in [2.05, 4.69) is 20.2 Å². The third-order valence-corrected chi connectivity index (χ3v) is 10.9. The molecule has 6 aromatic rings. The second-order valence-electron chi connectivity index (χ2n) is 13.8. The van der Waals surface area contributed by atoms with Crippen molar-refractivity contribution in [2.45, 2.75) is 51.1 Å². The topological polar surface area (TPSA) is 129 Å². The summed E-state index contributed by atoms with van der Waals surface area (Å²) in [5.74, 6) is -8.68. The van der Waals surface area contributed by atoms with Gasteiger partial charge in [0, 0.05) is 49.0 Å². The molecule has 0 fully saturated rings. The van der Waals surface area contributed by atoms with E-state index in [9.17, 15) is 30.8 Å². The molecule has 3 atom stereocenters. The van der Waals surface area contributed by atoms with Crippen LogP contribution in [0.5, 0.6) is 0 Å². The second kappa shape index (κ2) is 13.6. The first kappa shape index (κ1) is 38.2.